The maximum absolute atomic E-state index is 10.6. The fraction of sp³-hybridized carbons (Fsp3) is 0.545. The average molecular weight is 212 g/mol. The molecular formula is C11H16O2S. The lowest BCUT2D eigenvalue weighted by atomic mass is 10.1. The Morgan fingerprint density at radius 1 is 1.50 bits per heavy atom. The summed E-state index contributed by atoms with van der Waals surface area (Å²) in [7, 11) is 0. The molecule has 1 unspecified atom stereocenters. The Hall–Kier alpha value is -0.830. The van der Waals surface area contributed by atoms with Gasteiger partial charge in [-0.05, 0) is 31.4 Å². The van der Waals surface area contributed by atoms with Crippen molar-refractivity contribution in [2.24, 2.45) is 5.92 Å². The molecule has 0 radical (unpaired) electrons. The van der Waals surface area contributed by atoms with Gasteiger partial charge in [0.05, 0.1) is 5.92 Å². The number of carboxylic acid groups (broad SMARTS) is 1. The van der Waals surface area contributed by atoms with Gasteiger partial charge >= 0.3 is 5.97 Å². The van der Waals surface area contributed by atoms with E-state index < -0.39 is 5.97 Å². The zero-order valence-corrected chi connectivity index (χ0v) is 9.43. The van der Waals surface area contributed by atoms with Gasteiger partial charge in [-0.2, -0.15) is 0 Å². The van der Waals surface area contributed by atoms with E-state index in [-0.39, 0.29) is 5.92 Å². The van der Waals surface area contributed by atoms with Crippen LogP contribution in [0.3, 0.4) is 0 Å². The Balaban J connectivity index is 2.41. The minimum absolute atomic E-state index is 0.234. The van der Waals surface area contributed by atoms with Gasteiger partial charge in [0.2, 0.25) is 0 Å². The smallest absolute Gasteiger partial charge is 0.306 e. The SMILES string of the molecule is CCc1ccc(CCC(C)C(=O)O)s1. The van der Waals surface area contributed by atoms with Gasteiger partial charge in [0.15, 0.2) is 0 Å². The highest BCUT2D eigenvalue weighted by molar-refractivity contribution is 7.11. The second kappa shape index (κ2) is 5.15. The van der Waals surface area contributed by atoms with Crippen molar-refractivity contribution in [3.05, 3.63) is 21.9 Å². The van der Waals surface area contributed by atoms with Crippen LogP contribution in [0, 0.1) is 5.92 Å². The quantitative estimate of drug-likeness (QED) is 0.814. The van der Waals surface area contributed by atoms with Crippen LogP contribution in [0.2, 0.25) is 0 Å². The zero-order chi connectivity index (χ0) is 10.6. The van der Waals surface area contributed by atoms with Crippen LogP contribution in [-0.4, -0.2) is 11.1 Å². The van der Waals surface area contributed by atoms with E-state index in [1.54, 1.807) is 18.3 Å². The first-order chi connectivity index (χ1) is 6.63. The predicted molar refractivity (Wildman–Crippen MR) is 58.8 cm³/mol. The molecular weight excluding hydrogens is 196 g/mol. The third-order valence-corrected chi connectivity index (χ3v) is 3.60. The molecule has 0 aliphatic rings. The van der Waals surface area contributed by atoms with Gasteiger partial charge in [-0.3, -0.25) is 4.79 Å². The van der Waals surface area contributed by atoms with E-state index in [9.17, 15) is 4.79 Å². The molecule has 3 heteroatoms. The van der Waals surface area contributed by atoms with Crippen LogP contribution >= 0.6 is 11.3 Å². The number of aliphatic carboxylic acids is 1. The number of carbonyl (C=O) groups is 1. The van der Waals surface area contributed by atoms with Crippen molar-refractivity contribution in [2.75, 3.05) is 0 Å². The Labute approximate surface area is 88.6 Å². The third-order valence-electron chi connectivity index (χ3n) is 2.31. The molecule has 1 N–H and O–H groups in total. The highest BCUT2D eigenvalue weighted by Gasteiger charge is 2.10. The molecule has 2 nitrogen and oxygen atoms in total. The lowest BCUT2D eigenvalue weighted by molar-refractivity contribution is -0.141. The van der Waals surface area contributed by atoms with Crippen molar-refractivity contribution in [3.63, 3.8) is 0 Å². The number of hydrogen-bond donors (Lipinski definition) is 1. The Morgan fingerprint density at radius 2 is 2.14 bits per heavy atom. The van der Waals surface area contributed by atoms with Gasteiger partial charge in [0.1, 0.15) is 0 Å². The summed E-state index contributed by atoms with van der Waals surface area (Å²) in [4.78, 5) is 13.3. The Kier molecular flexibility index (Phi) is 4.14. The van der Waals surface area contributed by atoms with Crippen molar-refractivity contribution in [2.45, 2.75) is 33.1 Å². The van der Waals surface area contributed by atoms with Gasteiger partial charge in [-0.25, -0.2) is 0 Å². The summed E-state index contributed by atoms with van der Waals surface area (Å²) >= 11 is 1.79. The number of aryl methyl sites for hydroxylation is 2. The number of carboxylic acids is 1. The molecule has 0 saturated heterocycles. The Bertz CT molecular complexity index is 304. The molecule has 0 bridgehead atoms. The normalized spacial score (nSPS) is 12.7. The molecule has 0 amide bonds. The van der Waals surface area contributed by atoms with Gasteiger partial charge < -0.3 is 5.11 Å². The molecule has 14 heavy (non-hydrogen) atoms. The summed E-state index contributed by atoms with van der Waals surface area (Å²) in [5.74, 6) is -0.931. The van der Waals surface area contributed by atoms with Crippen molar-refractivity contribution in [1.29, 1.82) is 0 Å². The molecule has 1 rings (SSSR count). The summed E-state index contributed by atoms with van der Waals surface area (Å²) in [5.41, 5.74) is 0. The first-order valence-electron chi connectivity index (χ1n) is 4.94. The van der Waals surface area contributed by atoms with Gasteiger partial charge in [-0.15, -0.1) is 11.3 Å². The molecule has 0 spiro atoms. The molecule has 0 aliphatic heterocycles. The first kappa shape index (κ1) is 11.2. The van der Waals surface area contributed by atoms with Crippen molar-refractivity contribution >= 4 is 17.3 Å². The molecule has 1 heterocycles. The fourth-order valence-electron chi connectivity index (χ4n) is 1.23. The van der Waals surface area contributed by atoms with E-state index in [1.165, 1.54) is 9.75 Å². The van der Waals surface area contributed by atoms with E-state index in [4.69, 9.17) is 5.11 Å². The van der Waals surface area contributed by atoms with Gasteiger partial charge in [-0.1, -0.05) is 13.8 Å². The van der Waals surface area contributed by atoms with E-state index in [2.05, 4.69) is 19.1 Å². The van der Waals surface area contributed by atoms with E-state index in [0.717, 1.165) is 19.3 Å². The molecule has 1 aromatic heterocycles. The van der Waals surface area contributed by atoms with Crippen LogP contribution in [0.5, 0.6) is 0 Å². The standard InChI is InChI=1S/C11H16O2S/c1-3-9-6-7-10(14-9)5-4-8(2)11(12)13/h6-8H,3-5H2,1-2H3,(H,12,13). The summed E-state index contributed by atoms with van der Waals surface area (Å²) in [5, 5.41) is 8.71. The molecule has 78 valence electrons. The summed E-state index contributed by atoms with van der Waals surface area (Å²) in [6, 6.07) is 4.24. The van der Waals surface area contributed by atoms with Crippen LogP contribution < -0.4 is 0 Å². The minimum atomic E-state index is -0.697. The van der Waals surface area contributed by atoms with Crippen LogP contribution in [0.25, 0.3) is 0 Å². The molecule has 1 aromatic rings. The second-order valence-corrected chi connectivity index (χ2v) is 4.75. The van der Waals surface area contributed by atoms with Gasteiger partial charge in [0, 0.05) is 9.75 Å². The van der Waals surface area contributed by atoms with Crippen LogP contribution in [0.15, 0.2) is 12.1 Å². The molecule has 0 aromatic carbocycles. The highest BCUT2D eigenvalue weighted by Crippen LogP contribution is 2.20. The largest absolute Gasteiger partial charge is 0.481 e. The van der Waals surface area contributed by atoms with E-state index >= 15 is 0 Å². The van der Waals surface area contributed by atoms with Crippen molar-refractivity contribution in [3.8, 4) is 0 Å². The Morgan fingerprint density at radius 3 is 2.64 bits per heavy atom. The second-order valence-electron chi connectivity index (χ2n) is 3.50. The zero-order valence-electron chi connectivity index (χ0n) is 8.62. The monoisotopic (exact) mass is 212 g/mol. The lowest BCUT2D eigenvalue weighted by Gasteiger charge is -2.03. The number of thiophene rings is 1. The summed E-state index contributed by atoms with van der Waals surface area (Å²) in [6.45, 7) is 3.89. The highest BCUT2D eigenvalue weighted by atomic mass is 32.1. The third kappa shape index (κ3) is 3.14. The summed E-state index contributed by atoms with van der Waals surface area (Å²) < 4.78 is 0. The maximum Gasteiger partial charge on any atom is 0.306 e. The topological polar surface area (TPSA) is 37.3 Å². The van der Waals surface area contributed by atoms with Crippen LogP contribution in [0.1, 0.15) is 30.0 Å². The lowest BCUT2D eigenvalue weighted by Crippen LogP contribution is -2.09. The molecule has 0 fully saturated rings. The number of hydrogen-bond acceptors (Lipinski definition) is 2. The van der Waals surface area contributed by atoms with Gasteiger partial charge in [0.25, 0.3) is 0 Å². The van der Waals surface area contributed by atoms with Crippen LogP contribution in [-0.2, 0) is 17.6 Å². The van der Waals surface area contributed by atoms with Crippen molar-refractivity contribution < 1.29 is 9.90 Å². The molecule has 1 atom stereocenters. The minimum Gasteiger partial charge on any atom is -0.481 e. The van der Waals surface area contributed by atoms with Crippen LogP contribution in [0.4, 0.5) is 0 Å². The van der Waals surface area contributed by atoms with Crippen molar-refractivity contribution in [1.82, 2.24) is 0 Å². The predicted octanol–water partition coefficient (Wildman–Crippen LogP) is 2.96. The summed E-state index contributed by atoms with van der Waals surface area (Å²) in [6.07, 6.45) is 2.69. The average Bonchev–Trinajstić information content (AvgIpc) is 2.61. The fourth-order valence-corrected chi connectivity index (χ4v) is 2.20. The maximum atomic E-state index is 10.6. The molecule has 0 aliphatic carbocycles. The number of rotatable bonds is 5. The molecule has 0 saturated carbocycles. The van der Waals surface area contributed by atoms with E-state index in [1.807, 2.05) is 0 Å². The first-order valence-corrected chi connectivity index (χ1v) is 5.75. The van der Waals surface area contributed by atoms with E-state index in [0.29, 0.717) is 0 Å².